The van der Waals surface area contributed by atoms with Gasteiger partial charge in [-0.1, -0.05) is 278 Å². The van der Waals surface area contributed by atoms with Crippen LogP contribution in [0.25, 0.3) is 0 Å². The smallest absolute Gasteiger partial charge is 0.306 e. The van der Waals surface area contributed by atoms with Gasteiger partial charge < -0.3 is 14.2 Å². The third-order valence-corrected chi connectivity index (χ3v) is 12.8. The third kappa shape index (κ3) is 49.4. The highest BCUT2D eigenvalue weighted by molar-refractivity contribution is 5.71. The van der Waals surface area contributed by atoms with E-state index in [2.05, 4.69) is 27.7 Å². The maximum absolute atomic E-state index is 12.8. The molecular weight excluding hydrogens is 769 g/mol. The molecule has 0 heterocycles. The predicted octanol–water partition coefficient (Wildman–Crippen LogP) is 18.2. The van der Waals surface area contributed by atoms with Crippen molar-refractivity contribution in [2.45, 2.75) is 323 Å². The molecule has 0 N–H and O–H groups in total. The lowest BCUT2D eigenvalue weighted by molar-refractivity contribution is -0.167. The lowest BCUT2D eigenvalue weighted by Gasteiger charge is -2.18. The Bertz CT molecular complexity index is 933. The average molecular weight is 877 g/mol. The van der Waals surface area contributed by atoms with E-state index in [4.69, 9.17) is 14.2 Å². The summed E-state index contributed by atoms with van der Waals surface area (Å²) in [4.78, 5) is 38.1. The van der Waals surface area contributed by atoms with E-state index in [-0.39, 0.29) is 31.1 Å². The summed E-state index contributed by atoms with van der Waals surface area (Å²) in [7, 11) is 0. The van der Waals surface area contributed by atoms with Crippen molar-refractivity contribution < 1.29 is 28.6 Å². The molecule has 0 aliphatic heterocycles. The zero-order valence-corrected chi connectivity index (χ0v) is 42.3. The van der Waals surface area contributed by atoms with Crippen LogP contribution in [0.5, 0.6) is 0 Å². The average Bonchev–Trinajstić information content (AvgIpc) is 3.26. The van der Waals surface area contributed by atoms with Crippen LogP contribution >= 0.6 is 0 Å². The number of rotatable bonds is 51. The summed E-state index contributed by atoms with van der Waals surface area (Å²) in [6.07, 6.45) is 53.7. The summed E-state index contributed by atoms with van der Waals surface area (Å²) in [5.74, 6) is -0.0112. The van der Waals surface area contributed by atoms with E-state index in [9.17, 15) is 14.4 Å². The van der Waals surface area contributed by atoms with Crippen LogP contribution in [0.1, 0.15) is 317 Å². The Morgan fingerprint density at radius 3 is 0.790 bits per heavy atom. The summed E-state index contributed by atoms with van der Waals surface area (Å²) in [5.41, 5.74) is 0. The van der Waals surface area contributed by atoms with E-state index >= 15 is 0 Å². The van der Waals surface area contributed by atoms with Crippen LogP contribution in [-0.4, -0.2) is 37.2 Å². The zero-order chi connectivity index (χ0) is 45.2. The number of carbonyl (C=O) groups is 3. The van der Waals surface area contributed by atoms with Crippen molar-refractivity contribution in [3.8, 4) is 0 Å². The monoisotopic (exact) mass is 877 g/mol. The Kier molecular flexibility index (Phi) is 49.1. The van der Waals surface area contributed by atoms with Gasteiger partial charge in [-0.05, 0) is 25.2 Å². The van der Waals surface area contributed by atoms with Gasteiger partial charge in [-0.3, -0.25) is 14.4 Å². The molecule has 0 aromatic rings. The molecule has 0 spiro atoms. The zero-order valence-electron chi connectivity index (χ0n) is 42.3. The molecule has 6 nitrogen and oxygen atoms in total. The fourth-order valence-corrected chi connectivity index (χ4v) is 8.57. The van der Waals surface area contributed by atoms with Crippen LogP contribution in [0.15, 0.2) is 0 Å². The Morgan fingerprint density at radius 2 is 0.532 bits per heavy atom. The molecule has 368 valence electrons. The minimum Gasteiger partial charge on any atom is -0.462 e. The Labute approximate surface area is 387 Å². The first kappa shape index (κ1) is 60.4. The second-order valence-electron chi connectivity index (χ2n) is 19.7. The van der Waals surface area contributed by atoms with Crippen LogP contribution in [0.2, 0.25) is 0 Å². The van der Waals surface area contributed by atoms with E-state index in [1.54, 1.807) is 0 Å². The van der Waals surface area contributed by atoms with Crippen molar-refractivity contribution in [3.63, 3.8) is 0 Å². The second kappa shape index (κ2) is 50.4. The largest absolute Gasteiger partial charge is 0.462 e. The lowest BCUT2D eigenvalue weighted by Crippen LogP contribution is -2.30. The number of carbonyl (C=O) groups excluding carboxylic acids is 3. The van der Waals surface area contributed by atoms with Gasteiger partial charge in [-0.25, -0.2) is 0 Å². The molecule has 0 aromatic heterocycles. The van der Waals surface area contributed by atoms with Crippen molar-refractivity contribution in [3.05, 3.63) is 0 Å². The number of hydrogen-bond acceptors (Lipinski definition) is 6. The molecule has 0 aliphatic carbocycles. The molecule has 1 atom stereocenters. The number of esters is 3. The van der Waals surface area contributed by atoms with Crippen molar-refractivity contribution in [1.82, 2.24) is 0 Å². The number of unbranched alkanes of at least 4 members (excludes halogenated alkanes) is 38. The van der Waals surface area contributed by atoms with Crippen LogP contribution < -0.4 is 0 Å². The van der Waals surface area contributed by atoms with Gasteiger partial charge in [-0.15, -0.1) is 0 Å². The molecule has 0 radical (unpaired) electrons. The van der Waals surface area contributed by atoms with E-state index < -0.39 is 6.10 Å². The number of ether oxygens (including phenoxy) is 3. The van der Waals surface area contributed by atoms with Gasteiger partial charge in [0.25, 0.3) is 0 Å². The van der Waals surface area contributed by atoms with Gasteiger partial charge in [0.05, 0.1) is 0 Å². The molecule has 0 aliphatic rings. The molecule has 0 amide bonds. The molecule has 0 rings (SSSR count). The maximum Gasteiger partial charge on any atom is 0.306 e. The minimum atomic E-state index is -0.761. The third-order valence-electron chi connectivity index (χ3n) is 12.8. The molecule has 62 heavy (non-hydrogen) atoms. The molecular formula is C56H108O6. The molecule has 0 bridgehead atoms. The van der Waals surface area contributed by atoms with Crippen molar-refractivity contribution in [1.29, 1.82) is 0 Å². The fourth-order valence-electron chi connectivity index (χ4n) is 8.57. The van der Waals surface area contributed by atoms with Crippen LogP contribution in [0, 0.1) is 5.92 Å². The van der Waals surface area contributed by atoms with Crippen LogP contribution in [-0.2, 0) is 28.6 Å². The molecule has 6 heteroatoms. The Morgan fingerprint density at radius 1 is 0.306 bits per heavy atom. The molecule has 0 unspecified atom stereocenters. The highest BCUT2D eigenvalue weighted by atomic mass is 16.6. The van der Waals surface area contributed by atoms with Crippen LogP contribution in [0.3, 0.4) is 0 Å². The second-order valence-corrected chi connectivity index (χ2v) is 19.7. The molecule has 0 fully saturated rings. The highest BCUT2D eigenvalue weighted by Crippen LogP contribution is 2.18. The summed E-state index contributed by atoms with van der Waals surface area (Å²) in [6.45, 7) is 9.04. The minimum absolute atomic E-state index is 0.0621. The summed E-state index contributed by atoms with van der Waals surface area (Å²) >= 11 is 0. The van der Waals surface area contributed by atoms with Gasteiger partial charge in [0.1, 0.15) is 13.2 Å². The highest BCUT2D eigenvalue weighted by Gasteiger charge is 2.19. The quantitative estimate of drug-likeness (QED) is 0.0344. The van der Waals surface area contributed by atoms with E-state index in [0.29, 0.717) is 19.3 Å². The predicted molar refractivity (Wildman–Crippen MR) is 266 cm³/mol. The van der Waals surface area contributed by atoms with E-state index in [0.717, 1.165) is 63.7 Å². The van der Waals surface area contributed by atoms with Gasteiger partial charge >= 0.3 is 17.9 Å². The molecule has 0 saturated heterocycles. The number of hydrogen-bond donors (Lipinski definition) is 0. The molecule has 0 saturated carbocycles. The first-order valence-corrected chi connectivity index (χ1v) is 27.9. The maximum atomic E-state index is 12.8. The standard InChI is InChI=1S/C56H108O6/c1-5-7-9-11-13-15-17-19-21-22-24-28-33-37-41-45-49-56(59)62-53(50-60-54(57)47-43-39-35-31-27-23-20-18-16-14-12-10-8-6-2)51-61-55(58)48-44-40-36-32-29-25-26-30-34-38-42-46-52(3)4/h52-53H,5-51H2,1-4H3/t53-/m0/s1. The normalized spacial score (nSPS) is 12.0. The summed E-state index contributed by atoms with van der Waals surface area (Å²) < 4.78 is 16.9. The first-order valence-electron chi connectivity index (χ1n) is 27.9. The topological polar surface area (TPSA) is 78.9 Å². The summed E-state index contributed by atoms with van der Waals surface area (Å²) in [5, 5.41) is 0. The van der Waals surface area contributed by atoms with Gasteiger partial charge in [0.2, 0.25) is 0 Å². The Hall–Kier alpha value is -1.59. The van der Waals surface area contributed by atoms with Crippen molar-refractivity contribution >= 4 is 17.9 Å². The van der Waals surface area contributed by atoms with E-state index in [1.807, 2.05) is 0 Å². The van der Waals surface area contributed by atoms with E-state index in [1.165, 1.54) is 212 Å². The first-order chi connectivity index (χ1) is 30.4. The van der Waals surface area contributed by atoms with Crippen LogP contribution in [0.4, 0.5) is 0 Å². The van der Waals surface area contributed by atoms with Crippen molar-refractivity contribution in [2.24, 2.45) is 5.92 Å². The summed E-state index contributed by atoms with van der Waals surface area (Å²) in [6, 6.07) is 0. The van der Waals surface area contributed by atoms with Gasteiger partial charge in [-0.2, -0.15) is 0 Å². The Balaban J connectivity index is 4.31. The van der Waals surface area contributed by atoms with Gasteiger partial charge in [0, 0.05) is 19.3 Å². The van der Waals surface area contributed by atoms with Crippen molar-refractivity contribution in [2.75, 3.05) is 13.2 Å². The van der Waals surface area contributed by atoms with Gasteiger partial charge in [0.15, 0.2) is 6.10 Å². The lowest BCUT2D eigenvalue weighted by atomic mass is 10.0. The fraction of sp³-hybridized carbons (Fsp3) is 0.946. The SMILES string of the molecule is CCCCCCCCCCCCCCCCCCC(=O)O[C@@H](COC(=O)CCCCCCCCCCCCCCCC)COC(=O)CCCCCCCCCCCCCC(C)C. The molecule has 0 aromatic carbocycles.